The Kier molecular flexibility index (Phi) is 6.76. The van der Waals surface area contributed by atoms with Crippen LogP contribution in [0.5, 0.6) is 0 Å². The number of hydrogen-bond donors (Lipinski definition) is 1. The van der Waals surface area contributed by atoms with Crippen molar-refractivity contribution in [2.24, 2.45) is 5.92 Å². The SMILES string of the molecule is CO[C@@H]1O[C@H](CCP(=O)(O)C[C@H]2[C@H]3OC(C)(C)O[C@H]3O[C@@H]2[C@H]2COC(C)(C)O2)[C@H]2OC(C)(C)O[C@@H]12. The van der Waals surface area contributed by atoms with E-state index >= 15 is 0 Å². The molecule has 12 heteroatoms. The topological polar surface area (TPSA) is 120 Å². The third-order valence-corrected chi connectivity index (χ3v) is 9.17. The van der Waals surface area contributed by atoms with Crippen molar-refractivity contribution in [3.63, 3.8) is 0 Å². The molecule has 0 aromatic heterocycles. The number of fused-ring (bicyclic) bond motifs is 2. The van der Waals surface area contributed by atoms with Gasteiger partial charge in [0, 0.05) is 25.4 Å². The monoisotopic (exact) mass is 522 g/mol. The lowest BCUT2D eigenvalue weighted by atomic mass is 9.97. The molecular weight excluding hydrogens is 483 g/mol. The molecule has 0 aliphatic carbocycles. The molecule has 1 unspecified atom stereocenters. The minimum absolute atomic E-state index is 0.00985. The summed E-state index contributed by atoms with van der Waals surface area (Å²) in [6.45, 7) is 11.3. The van der Waals surface area contributed by atoms with Crippen LogP contribution in [0.2, 0.25) is 0 Å². The van der Waals surface area contributed by atoms with E-state index in [1.807, 2.05) is 41.5 Å². The second-order valence-corrected chi connectivity index (χ2v) is 14.0. The van der Waals surface area contributed by atoms with Crippen LogP contribution in [0.1, 0.15) is 48.0 Å². The third kappa shape index (κ3) is 5.38. The zero-order valence-electron chi connectivity index (χ0n) is 21.5. The molecule has 5 rings (SSSR count). The van der Waals surface area contributed by atoms with Crippen LogP contribution >= 0.6 is 7.37 Å². The van der Waals surface area contributed by atoms with Gasteiger partial charge in [-0.05, 0) is 48.0 Å². The first-order chi connectivity index (χ1) is 16.2. The highest BCUT2D eigenvalue weighted by atomic mass is 31.2. The van der Waals surface area contributed by atoms with Gasteiger partial charge in [0.25, 0.3) is 0 Å². The summed E-state index contributed by atoms with van der Waals surface area (Å²) in [4.78, 5) is 11.1. The van der Waals surface area contributed by atoms with Crippen molar-refractivity contribution in [2.75, 3.05) is 26.0 Å². The molecule has 1 N–H and O–H groups in total. The highest BCUT2D eigenvalue weighted by Crippen LogP contribution is 2.52. The summed E-state index contributed by atoms with van der Waals surface area (Å²) in [5.74, 6) is -2.73. The quantitative estimate of drug-likeness (QED) is 0.496. The van der Waals surface area contributed by atoms with E-state index in [0.29, 0.717) is 13.0 Å². The van der Waals surface area contributed by atoms with Gasteiger partial charge in [0.05, 0.1) is 18.8 Å². The highest BCUT2D eigenvalue weighted by Gasteiger charge is 2.60. The molecule has 0 aromatic carbocycles. The largest absolute Gasteiger partial charge is 0.353 e. The number of rotatable bonds is 7. The molecule has 0 bridgehead atoms. The van der Waals surface area contributed by atoms with Crippen LogP contribution in [0.15, 0.2) is 0 Å². The summed E-state index contributed by atoms with van der Waals surface area (Å²) >= 11 is 0. The van der Waals surface area contributed by atoms with Crippen molar-refractivity contribution in [2.45, 2.75) is 115 Å². The minimum atomic E-state index is -3.62. The lowest BCUT2D eigenvalue weighted by Gasteiger charge is -2.30. The average Bonchev–Trinajstić information content (AvgIpc) is 3.47. The molecule has 0 radical (unpaired) electrons. The maximum absolute atomic E-state index is 13.5. The van der Waals surface area contributed by atoms with Crippen LogP contribution in [0, 0.1) is 5.92 Å². The van der Waals surface area contributed by atoms with E-state index in [-0.39, 0.29) is 30.6 Å². The summed E-state index contributed by atoms with van der Waals surface area (Å²) in [6, 6.07) is 0. The van der Waals surface area contributed by atoms with Gasteiger partial charge in [0.2, 0.25) is 7.37 Å². The Hall–Kier alpha value is -0.170. The van der Waals surface area contributed by atoms with Crippen molar-refractivity contribution < 1.29 is 52.1 Å². The molecule has 10 atom stereocenters. The number of ether oxygens (including phenoxy) is 9. The van der Waals surface area contributed by atoms with Gasteiger partial charge >= 0.3 is 0 Å². The van der Waals surface area contributed by atoms with Crippen molar-refractivity contribution >= 4 is 7.37 Å². The van der Waals surface area contributed by atoms with Crippen LogP contribution in [0.4, 0.5) is 0 Å². The Morgan fingerprint density at radius 3 is 2.17 bits per heavy atom. The van der Waals surface area contributed by atoms with Gasteiger partial charge in [-0.2, -0.15) is 0 Å². The third-order valence-electron chi connectivity index (χ3n) is 7.22. The van der Waals surface area contributed by atoms with Crippen LogP contribution in [0.3, 0.4) is 0 Å². The Balaban J connectivity index is 1.26. The maximum Gasteiger partial charge on any atom is 0.201 e. The second kappa shape index (κ2) is 8.95. The van der Waals surface area contributed by atoms with Crippen LogP contribution in [0.25, 0.3) is 0 Å². The highest BCUT2D eigenvalue weighted by molar-refractivity contribution is 7.58. The fourth-order valence-corrected chi connectivity index (χ4v) is 7.77. The molecule has 5 aliphatic rings. The fourth-order valence-electron chi connectivity index (χ4n) is 5.86. The molecular formula is C23H39O11P. The van der Waals surface area contributed by atoms with Gasteiger partial charge in [-0.25, -0.2) is 0 Å². The predicted molar refractivity (Wildman–Crippen MR) is 121 cm³/mol. The minimum Gasteiger partial charge on any atom is -0.353 e. The van der Waals surface area contributed by atoms with Gasteiger partial charge in [0.15, 0.2) is 29.9 Å². The van der Waals surface area contributed by atoms with Crippen molar-refractivity contribution in [3.8, 4) is 0 Å². The maximum atomic E-state index is 13.5. The molecule has 0 saturated carbocycles. The summed E-state index contributed by atoms with van der Waals surface area (Å²) in [5, 5.41) is 0. The molecule has 5 heterocycles. The lowest BCUT2D eigenvalue weighted by molar-refractivity contribution is -0.227. The van der Waals surface area contributed by atoms with Crippen molar-refractivity contribution in [1.29, 1.82) is 0 Å². The smallest absolute Gasteiger partial charge is 0.201 e. The predicted octanol–water partition coefficient (Wildman–Crippen LogP) is 2.18. The molecule has 35 heavy (non-hydrogen) atoms. The summed E-state index contributed by atoms with van der Waals surface area (Å²) in [7, 11) is -2.07. The van der Waals surface area contributed by atoms with Gasteiger partial charge in [0.1, 0.15) is 24.4 Å². The molecule has 5 aliphatic heterocycles. The van der Waals surface area contributed by atoms with Gasteiger partial charge in [-0.1, -0.05) is 0 Å². The van der Waals surface area contributed by atoms with E-state index < -0.39 is 61.5 Å². The molecule has 0 aromatic rings. The Morgan fingerprint density at radius 1 is 0.857 bits per heavy atom. The van der Waals surface area contributed by atoms with Crippen molar-refractivity contribution in [3.05, 3.63) is 0 Å². The van der Waals surface area contributed by atoms with E-state index in [4.69, 9.17) is 42.6 Å². The standard InChI is InChI=1S/C23H39O11P/c1-21(2)27-10-14(30-21)15-12(16-20(29-15)34-23(5,6)31-16)11-35(24,25)9-8-13-17-18(19(26-7)28-13)33-22(3,4)32-17/h12-20H,8-11H2,1-7H3,(H,24,25)/t12-,13-,14-,15+,16-,17-,18-,19-,20-/m1/s1. The van der Waals surface area contributed by atoms with E-state index in [1.165, 1.54) is 0 Å². The van der Waals surface area contributed by atoms with Gasteiger partial charge in [-0.3, -0.25) is 4.57 Å². The van der Waals surface area contributed by atoms with Gasteiger partial charge in [-0.15, -0.1) is 0 Å². The zero-order chi connectivity index (χ0) is 25.4. The van der Waals surface area contributed by atoms with E-state index in [9.17, 15) is 9.46 Å². The Labute approximate surface area is 206 Å². The molecule has 202 valence electrons. The van der Waals surface area contributed by atoms with Crippen LogP contribution in [-0.2, 0) is 47.2 Å². The average molecular weight is 523 g/mol. The Morgan fingerprint density at radius 2 is 1.51 bits per heavy atom. The first-order valence-electron chi connectivity index (χ1n) is 12.4. The molecule has 5 saturated heterocycles. The lowest BCUT2D eigenvalue weighted by Crippen LogP contribution is -2.41. The van der Waals surface area contributed by atoms with Crippen molar-refractivity contribution in [1.82, 2.24) is 0 Å². The number of hydrogen-bond acceptors (Lipinski definition) is 10. The van der Waals surface area contributed by atoms with Crippen LogP contribution in [-0.4, -0.2) is 97.5 Å². The zero-order valence-corrected chi connectivity index (χ0v) is 22.4. The second-order valence-electron chi connectivity index (χ2n) is 11.5. The Bertz CT molecular complexity index is 847. The first kappa shape index (κ1) is 26.4. The number of methoxy groups -OCH3 is 1. The first-order valence-corrected chi connectivity index (χ1v) is 14.4. The van der Waals surface area contributed by atoms with E-state index in [1.54, 1.807) is 7.11 Å². The van der Waals surface area contributed by atoms with E-state index in [0.717, 1.165) is 0 Å². The summed E-state index contributed by atoms with van der Waals surface area (Å²) in [6.07, 6.45) is -3.29. The molecule has 0 amide bonds. The molecule has 0 spiro atoms. The molecule has 5 fully saturated rings. The molecule has 11 nitrogen and oxygen atoms in total. The van der Waals surface area contributed by atoms with Gasteiger partial charge < -0.3 is 47.5 Å². The summed E-state index contributed by atoms with van der Waals surface area (Å²) in [5.41, 5.74) is 0. The fraction of sp³-hybridized carbons (Fsp3) is 1.00. The van der Waals surface area contributed by atoms with Crippen LogP contribution < -0.4 is 0 Å². The van der Waals surface area contributed by atoms with E-state index in [2.05, 4.69) is 0 Å². The summed E-state index contributed by atoms with van der Waals surface area (Å²) < 4.78 is 66.8. The normalized spacial score (nSPS) is 47.0.